The Bertz CT molecular complexity index is 379. The second-order valence-electron chi connectivity index (χ2n) is 3.63. The van der Waals surface area contributed by atoms with Crippen LogP contribution in [0.25, 0.3) is 0 Å². The third-order valence-corrected chi connectivity index (χ3v) is 2.49. The maximum absolute atomic E-state index is 12.7. The summed E-state index contributed by atoms with van der Waals surface area (Å²) in [5.41, 5.74) is 0.584. The van der Waals surface area contributed by atoms with E-state index in [1.807, 2.05) is 0 Å². The SMILES string of the molecule is O=C1OCCN1CC(O)c1ccc(F)cc1. The van der Waals surface area contributed by atoms with Crippen LogP contribution in [0.2, 0.25) is 0 Å². The molecule has 1 aromatic rings. The monoisotopic (exact) mass is 225 g/mol. The number of cyclic esters (lactones) is 1. The molecule has 1 amide bonds. The Morgan fingerprint density at radius 1 is 1.44 bits per heavy atom. The molecule has 1 saturated heterocycles. The number of aliphatic hydroxyl groups is 1. The summed E-state index contributed by atoms with van der Waals surface area (Å²) >= 11 is 0. The molecule has 0 bridgehead atoms. The fraction of sp³-hybridized carbons (Fsp3) is 0.364. The van der Waals surface area contributed by atoms with Crippen molar-refractivity contribution in [3.05, 3.63) is 35.6 Å². The fourth-order valence-electron chi connectivity index (χ4n) is 1.59. The van der Waals surface area contributed by atoms with Crippen LogP contribution in [0.15, 0.2) is 24.3 Å². The molecule has 1 unspecified atom stereocenters. The molecule has 1 heterocycles. The van der Waals surface area contributed by atoms with Crippen LogP contribution in [-0.4, -0.2) is 35.8 Å². The largest absolute Gasteiger partial charge is 0.448 e. The Hall–Kier alpha value is -1.62. The number of ether oxygens (including phenoxy) is 1. The van der Waals surface area contributed by atoms with Crippen LogP contribution in [0.3, 0.4) is 0 Å². The molecule has 1 N–H and O–H groups in total. The Labute approximate surface area is 92.2 Å². The highest BCUT2D eigenvalue weighted by Gasteiger charge is 2.24. The van der Waals surface area contributed by atoms with Crippen LogP contribution in [0, 0.1) is 5.82 Å². The van der Waals surface area contributed by atoms with Gasteiger partial charge in [0.05, 0.1) is 19.2 Å². The van der Waals surface area contributed by atoms with E-state index < -0.39 is 12.2 Å². The van der Waals surface area contributed by atoms with E-state index in [-0.39, 0.29) is 12.4 Å². The first-order valence-electron chi connectivity index (χ1n) is 5.02. The molecule has 1 aromatic carbocycles. The van der Waals surface area contributed by atoms with Gasteiger partial charge in [0, 0.05) is 0 Å². The molecular weight excluding hydrogens is 213 g/mol. The molecular formula is C11H12FNO3. The van der Waals surface area contributed by atoms with E-state index >= 15 is 0 Å². The molecule has 1 atom stereocenters. The molecule has 0 aliphatic carbocycles. The number of nitrogens with zero attached hydrogens (tertiary/aromatic N) is 1. The Balaban J connectivity index is 1.99. The lowest BCUT2D eigenvalue weighted by Crippen LogP contribution is -2.29. The van der Waals surface area contributed by atoms with Crippen LogP contribution < -0.4 is 0 Å². The number of hydrogen-bond acceptors (Lipinski definition) is 3. The van der Waals surface area contributed by atoms with Crippen molar-refractivity contribution in [2.75, 3.05) is 19.7 Å². The van der Waals surface area contributed by atoms with Gasteiger partial charge >= 0.3 is 6.09 Å². The first kappa shape index (κ1) is 10.9. The van der Waals surface area contributed by atoms with Gasteiger partial charge in [0.1, 0.15) is 12.4 Å². The van der Waals surface area contributed by atoms with Crippen molar-refractivity contribution in [3.63, 3.8) is 0 Å². The van der Waals surface area contributed by atoms with Gasteiger partial charge in [0.15, 0.2) is 0 Å². The molecule has 1 aliphatic heterocycles. The van der Waals surface area contributed by atoms with Gasteiger partial charge in [-0.15, -0.1) is 0 Å². The number of β-amino-alcohol motifs (C(OH)–C–C–N with tert-alkyl or cyclic N) is 1. The minimum Gasteiger partial charge on any atom is -0.448 e. The quantitative estimate of drug-likeness (QED) is 0.843. The average Bonchev–Trinajstić information content (AvgIpc) is 2.65. The summed E-state index contributed by atoms with van der Waals surface area (Å²) in [5, 5.41) is 9.82. The number of carbonyl (C=O) groups excluding carboxylic acids is 1. The van der Waals surface area contributed by atoms with Gasteiger partial charge in [-0.3, -0.25) is 0 Å². The number of aliphatic hydroxyl groups excluding tert-OH is 1. The van der Waals surface area contributed by atoms with Crippen LogP contribution in [0.1, 0.15) is 11.7 Å². The molecule has 0 aromatic heterocycles. The van der Waals surface area contributed by atoms with Crippen LogP contribution in [0.4, 0.5) is 9.18 Å². The van der Waals surface area contributed by atoms with Crippen molar-refractivity contribution in [3.8, 4) is 0 Å². The zero-order valence-electron chi connectivity index (χ0n) is 8.60. The highest BCUT2D eigenvalue weighted by Crippen LogP contribution is 2.16. The molecule has 86 valence electrons. The maximum Gasteiger partial charge on any atom is 0.410 e. The third-order valence-electron chi connectivity index (χ3n) is 2.49. The number of hydrogen-bond donors (Lipinski definition) is 1. The molecule has 16 heavy (non-hydrogen) atoms. The van der Waals surface area contributed by atoms with E-state index in [0.717, 1.165) is 0 Å². The van der Waals surface area contributed by atoms with E-state index in [1.165, 1.54) is 29.2 Å². The van der Waals surface area contributed by atoms with Gasteiger partial charge in [-0.2, -0.15) is 0 Å². The number of amides is 1. The molecule has 1 aliphatic rings. The smallest absolute Gasteiger partial charge is 0.410 e. The summed E-state index contributed by atoms with van der Waals surface area (Å²) < 4.78 is 17.4. The zero-order valence-corrected chi connectivity index (χ0v) is 8.60. The molecule has 1 fully saturated rings. The Morgan fingerprint density at radius 3 is 2.69 bits per heavy atom. The summed E-state index contributed by atoms with van der Waals surface area (Å²) in [5.74, 6) is -0.350. The third kappa shape index (κ3) is 2.30. The van der Waals surface area contributed by atoms with Gasteiger partial charge in [0.25, 0.3) is 0 Å². The molecule has 5 heteroatoms. The predicted octanol–water partition coefficient (Wildman–Crippen LogP) is 1.31. The lowest BCUT2D eigenvalue weighted by atomic mass is 10.1. The molecule has 2 rings (SSSR count). The summed E-state index contributed by atoms with van der Waals surface area (Å²) in [4.78, 5) is 12.6. The molecule has 0 spiro atoms. The minimum absolute atomic E-state index is 0.171. The van der Waals surface area contributed by atoms with Crippen molar-refractivity contribution in [1.29, 1.82) is 0 Å². The minimum atomic E-state index is -0.814. The van der Waals surface area contributed by atoms with Gasteiger partial charge in [-0.1, -0.05) is 12.1 Å². The highest BCUT2D eigenvalue weighted by atomic mass is 19.1. The summed E-state index contributed by atoms with van der Waals surface area (Å²) in [6.07, 6.45) is -1.23. The maximum atomic E-state index is 12.7. The van der Waals surface area contributed by atoms with Crippen molar-refractivity contribution >= 4 is 6.09 Å². The van der Waals surface area contributed by atoms with E-state index in [2.05, 4.69) is 0 Å². The van der Waals surface area contributed by atoms with Crippen molar-refractivity contribution < 1.29 is 19.0 Å². The van der Waals surface area contributed by atoms with Crippen LogP contribution in [0.5, 0.6) is 0 Å². The lowest BCUT2D eigenvalue weighted by Gasteiger charge is -2.17. The summed E-state index contributed by atoms with van der Waals surface area (Å²) in [6, 6.07) is 5.56. The van der Waals surface area contributed by atoms with Crippen molar-refractivity contribution in [2.24, 2.45) is 0 Å². The van der Waals surface area contributed by atoms with Crippen molar-refractivity contribution in [1.82, 2.24) is 4.90 Å². The lowest BCUT2D eigenvalue weighted by molar-refractivity contribution is 0.118. The van der Waals surface area contributed by atoms with Gasteiger partial charge in [0.2, 0.25) is 0 Å². The predicted molar refractivity (Wildman–Crippen MR) is 54.3 cm³/mol. The Kier molecular flexibility index (Phi) is 3.05. The Morgan fingerprint density at radius 2 is 2.12 bits per heavy atom. The number of carbonyl (C=O) groups is 1. The number of rotatable bonds is 3. The molecule has 0 radical (unpaired) electrons. The summed E-state index contributed by atoms with van der Waals surface area (Å²) in [6.45, 7) is 1.01. The van der Waals surface area contributed by atoms with E-state index in [1.54, 1.807) is 0 Å². The van der Waals surface area contributed by atoms with Crippen LogP contribution in [-0.2, 0) is 4.74 Å². The number of benzene rings is 1. The van der Waals surface area contributed by atoms with E-state index in [0.29, 0.717) is 18.7 Å². The van der Waals surface area contributed by atoms with Crippen molar-refractivity contribution in [2.45, 2.75) is 6.10 Å². The normalized spacial score (nSPS) is 17.4. The zero-order chi connectivity index (χ0) is 11.5. The van der Waals surface area contributed by atoms with E-state index in [4.69, 9.17) is 4.74 Å². The topological polar surface area (TPSA) is 49.8 Å². The standard InChI is InChI=1S/C11H12FNO3/c12-9-3-1-8(2-4-9)10(14)7-13-5-6-16-11(13)15/h1-4,10,14H,5-7H2. The van der Waals surface area contributed by atoms with Crippen LogP contribution >= 0.6 is 0 Å². The van der Waals surface area contributed by atoms with Gasteiger partial charge in [-0.05, 0) is 17.7 Å². The second-order valence-corrected chi connectivity index (χ2v) is 3.63. The van der Waals surface area contributed by atoms with E-state index in [9.17, 15) is 14.3 Å². The first-order chi connectivity index (χ1) is 7.66. The fourth-order valence-corrected chi connectivity index (χ4v) is 1.59. The average molecular weight is 225 g/mol. The second kappa shape index (κ2) is 4.49. The molecule has 0 saturated carbocycles. The molecule has 4 nitrogen and oxygen atoms in total. The number of halogens is 1. The van der Waals surface area contributed by atoms with Gasteiger partial charge < -0.3 is 14.7 Å². The highest BCUT2D eigenvalue weighted by molar-refractivity contribution is 5.69. The first-order valence-corrected chi connectivity index (χ1v) is 5.02. The summed E-state index contributed by atoms with van der Waals surface area (Å²) in [7, 11) is 0. The van der Waals surface area contributed by atoms with Gasteiger partial charge in [-0.25, -0.2) is 9.18 Å².